The van der Waals surface area contributed by atoms with Crippen LogP contribution < -0.4 is 0 Å². The monoisotopic (exact) mass is 381 g/mol. The normalized spacial score (nSPS) is 17.4. The fourth-order valence-electron chi connectivity index (χ4n) is 3.76. The molecule has 4 heteroatoms. The Bertz CT molecular complexity index is 732. The van der Waals surface area contributed by atoms with Crippen molar-refractivity contribution in [2.24, 2.45) is 5.92 Å². The Morgan fingerprint density at radius 2 is 1.86 bits per heavy atom. The summed E-state index contributed by atoms with van der Waals surface area (Å²) in [7, 11) is 0. The van der Waals surface area contributed by atoms with Gasteiger partial charge in [0.1, 0.15) is 0 Å². The molecule has 1 heterocycles. The maximum absolute atomic E-state index is 11.9. The van der Waals surface area contributed by atoms with Crippen molar-refractivity contribution in [1.82, 2.24) is 4.90 Å². The molecule has 0 aromatic heterocycles. The Hall–Kier alpha value is -2.17. The minimum Gasteiger partial charge on any atom is -0.466 e. The van der Waals surface area contributed by atoms with E-state index < -0.39 is 0 Å². The van der Waals surface area contributed by atoms with Gasteiger partial charge in [-0.1, -0.05) is 54.6 Å². The van der Waals surface area contributed by atoms with E-state index in [4.69, 9.17) is 9.47 Å². The Kier molecular flexibility index (Phi) is 8.07. The molecule has 2 aromatic carbocycles. The van der Waals surface area contributed by atoms with Gasteiger partial charge in [-0.2, -0.15) is 0 Å². The molecule has 0 saturated carbocycles. The second-order valence-corrected chi connectivity index (χ2v) is 7.43. The van der Waals surface area contributed by atoms with Gasteiger partial charge in [-0.15, -0.1) is 0 Å². The smallest absolute Gasteiger partial charge is 0.310 e. The molecular formula is C24H31NO3. The van der Waals surface area contributed by atoms with Crippen molar-refractivity contribution >= 4 is 5.97 Å². The molecule has 1 atom stereocenters. The summed E-state index contributed by atoms with van der Waals surface area (Å²) in [5.74, 6) is -0.0354. The van der Waals surface area contributed by atoms with Gasteiger partial charge in [0, 0.05) is 13.1 Å². The molecule has 0 amide bonds. The number of nitrogens with zero attached hydrogens (tertiary/aromatic N) is 1. The number of hydrogen-bond donors (Lipinski definition) is 0. The molecule has 1 aliphatic rings. The van der Waals surface area contributed by atoms with Gasteiger partial charge in [0.25, 0.3) is 0 Å². The highest BCUT2D eigenvalue weighted by atomic mass is 16.5. The number of ether oxygens (including phenoxy) is 2. The quantitative estimate of drug-likeness (QED) is 0.485. The summed E-state index contributed by atoms with van der Waals surface area (Å²) in [6.45, 7) is 6.30. The highest BCUT2D eigenvalue weighted by Gasteiger charge is 2.26. The zero-order chi connectivity index (χ0) is 19.6. The van der Waals surface area contributed by atoms with E-state index in [9.17, 15) is 4.79 Å². The average molecular weight is 382 g/mol. The Morgan fingerprint density at radius 1 is 1.07 bits per heavy atom. The molecule has 4 nitrogen and oxygen atoms in total. The van der Waals surface area contributed by atoms with Gasteiger partial charge in [-0.05, 0) is 49.4 Å². The van der Waals surface area contributed by atoms with E-state index in [0.717, 1.165) is 38.9 Å². The molecule has 1 aliphatic heterocycles. The molecule has 1 unspecified atom stereocenters. The SMILES string of the molecule is CCOC(=O)C1CCCN(CCOCc2cccc(Cc3ccccc3)c2)C1. The first-order chi connectivity index (χ1) is 13.7. The Morgan fingerprint density at radius 3 is 2.68 bits per heavy atom. The van der Waals surface area contributed by atoms with Crippen LogP contribution >= 0.6 is 0 Å². The van der Waals surface area contributed by atoms with E-state index in [2.05, 4.69) is 53.4 Å². The lowest BCUT2D eigenvalue weighted by molar-refractivity contribution is -0.150. The van der Waals surface area contributed by atoms with E-state index in [1.807, 2.05) is 13.0 Å². The second kappa shape index (κ2) is 11.0. The number of carbonyl (C=O) groups is 1. The lowest BCUT2D eigenvalue weighted by Gasteiger charge is -2.31. The van der Waals surface area contributed by atoms with Crippen LogP contribution in [0, 0.1) is 5.92 Å². The predicted octanol–water partition coefficient (Wildman–Crippen LogP) is 4.07. The molecule has 0 spiro atoms. The summed E-state index contributed by atoms with van der Waals surface area (Å²) >= 11 is 0. The minimum absolute atomic E-state index is 0.0170. The van der Waals surface area contributed by atoms with Crippen molar-refractivity contribution in [1.29, 1.82) is 0 Å². The molecule has 0 bridgehead atoms. The molecule has 3 rings (SSSR count). The van der Waals surface area contributed by atoms with Crippen LogP contribution in [-0.4, -0.2) is 43.7 Å². The summed E-state index contributed by atoms with van der Waals surface area (Å²) in [4.78, 5) is 14.3. The Balaban J connectivity index is 1.40. The summed E-state index contributed by atoms with van der Waals surface area (Å²) in [5.41, 5.74) is 3.83. The van der Waals surface area contributed by atoms with Crippen molar-refractivity contribution in [3.05, 3.63) is 71.3 Å². The van der Waals surface area contributed by atoms with Gasteiger partial charge in [0.05, 0.1) is 25.7 Å². The molecule has 1 saturated heterocycles. The third-order valence-electron chi connectivity index (χ3n) is 5.19. The number of piperidine rings is 1. The molecular weight excluding hydrogens is 350 g/mol. The van der Waals surface area contributed by atoms with Gasteiger partial charge in [0.15, 0.2) is 0 Å². The standard InChI is InChI=1S/C24H31NO3/c1-2-28-24(26)23-12-7-13-25(18-23)14-15-27-19-22-11-6-10-21(17-22)16-20-8-4-3-5-9-20/h3-6,8-11,17,23H,2,7,12-16,18-19H2,1H3. The van der Waals surface area contributed by atoms with Gasteiger partial charge < -0.3 is 14.4 Å². The fourth-order valence-corrected chi connectivity index (χ4v) is 3.76. The average Bonchev–Trinajstić information content (AvgIpc) is 2.73. The van der Waals surface area contributed by atoms with Crippen molar-refractivity contribution in [2.75, 3.05) is 32.8 Å². The highest BCUT2D eigenvalue weighted by molar-refractivity contribution is 5.72. The maximum atomic E-state index is 11.9. The third-order valence-corrected chi connectivity index (χ3v) is 5.19. The summed E-state index contributed by atoms with van der Waals surface area (Å²) in [5, 5.41) is 0. The van der Waals surface area contributed by atoms with Gasteiger partial charge in [0.2, 0.25) is 0 Å². The molecule has 28 heavy (non-hydrogen) atoms. The number of rotatable bonds is 9. The number of likely N-dealkylation sites (tertiary alicyclic amines) is 1. The molecule has 0 N–H and O–H groups in total. The van der Waals surface area contributed by atoms with Crippen LogP contribution in [0.25, 0.3) is 0 Å². The third kappa shape index (κ3) is 6.47. The number of benzene rings is 2. The van der Waals surface area contributed by atoms with Crippen LogP contribution in [-0.2, 0) is 27.3 Å². The van der Waals surface area contributed by atoms with E-state index in [1.54, 1.807) is 0 Å². The summed E-state index contributed by atoms with van der Waals surface area (Å²) in [6, 6.07) is 19.1. The van der Waals surface area contributed by atoms with Crippen LogP contribution in [0.2, 0.25) is 0 Å². The van der Waals surface area contributed by atoms with E-state index in [1.165, 1.54) is 16.7 Å². The maximum Gasteiger partial charge on any atom is 0.310 e. The van der Waals surface area contributed by atoms with E-state index in [0.29, 0.717) is 19.8 Å². The summed E-state index contributed by atoms with van der Waals surface area (Å²) in [6.07, 6.45) is 2.92. The van der Waals surface area contributed by atoms with E-state index in [-0.39, 0.29) is 11.9 Å². The van der Waals surface area contributed by atoms with Crippen molar-refractivity contribution in [3.63, 3.8) is 0 Å². The molecule has 1 fully saturated rings. The van der Waals surface area contributed by atoms with Crippen LogP contribution in [0.15, 0.2) is 54.6 Å². The number of esters is 1. The van der Waals surface area contributed by atoms with Gasteiger partial charge in [-0.25, -0.2) is 0 Å². The largest absolute Gasteiger partial charge is 0.466 e. The van der Waals surface area contributed by atoms with Crippen LogP contribution in [0.5, 0.6) is 0 Å². The van der Waals surface area contributed by atoms with Gasteiger partial charge >= 0.3 is 5.97 Å². The predicted molar refractivity (Wildman–Crippen MR) is 111 cm³/mol. The fraction of sp³-hybridized carbons (Fsp3) is 0.458. The second-order valence-electron chi connectivity index (χ2n) is 7.43. The Labute approximate surface area is 168 Å². The zero-order valence-corrected chi connectivity index (χ0v) is 16.8. The topological polar surface area (TPSA) is 38.8 Å². The summed E-state index contributed by atoms with van der Waals surface area (Å²) < 4.78 is 11.1. The van der Waals surface area contributed by atoms with Crippen LogP contribution in [0.4, 0.5) is 0 Å². The first kappa shape index (κ1) is 20.6. The lowest BCUT2D eigenvalue weighted by atomic mass is 9.98. The van der Waals surface area contributed by atoms with Gasteiger partial charge in [-0.3, -0.25) is 4.79 Å². The minimum atomic E-state index is -0.0525. The highest BCUT2D eigenvalue weighted by Crippen LogP contribution is 2.18. The molecule has 2 aromatic rings. The molecule has 0 aliphatic carbocycles. The van der Waals surface area contributed by atoms with E-state index >= 15 is 0 Å². The van der Waals surface area contributed by atoms with Crippen LogP contribution in [0.3, 0.4) is 0 Å². The number of carbonyl (C=O) groups excluding carboxylic acids is 1. The zero-order valence-electron chi connectivity index (χ0n) is 16.8. The lowest BCUT2D eigenvalue weighted by Crippen LogP contribution is -2.40. The van der Waals surface area contributed by atoms with Crippen molar-refractivity contribution < 1.29 is 14.3 Å². The first-order valence-electron chi connectivity index (χ1n) is 10.3. The number of hydrogen-bond acceptors (Lipinski definition) is 4. The molecule has 150 valence electrons. The van der Waals surface area contributed by atoms with Crippen molar-refractivity contribution in [2.45, 2.75) is 32.8 Å². The van der Waals surface area contributed by atoms with Crippen molar-refractivity contribution in [3.8, 4) is 0 Å². The van der Waals surface area contributed by atoms with Crippen LogP contribution in [0.1, 0.15) is 36.5 Å². The first-order valence-corrected chi connectivity index (χ1v) is 10.3. The molecule has 0 radical (unpaired) electrons.